The van der Waals surface area contributed by atoms with Crippen molar-refractivity contribution in [1.29, 1.82) is 0 Å². The number of aliphatic hydroxyl groups excluding tert-OH is 3. The van der Waals surface area contributed by atoms with Crippen LogP contribution < -0.4 is 0 Å². The van der Waals surface area contributed by atoms with Crippen LogP contribution in [0.5, 0.6) is 0 Å². The summed E-state index contributed by atoms with van der Waals surface area (Å²) in [5.41, 5.74) is 0.815. The van der Waals surface area contributed by atoms with Crippen molar-refractivity contribution in [1.82, 2.24) is 4.90 Å². The molecule has 0 aromatic rings. The van der Waals surface area contributed by atoms with Crippen LogP contribution in [0.25, 0.3) is 0 Å². The number of hydrogen-bond donors (Lipinski definition) is 3. The highest BCUT2D eigenvalue weighted by atomic mass is 79.9. The summed E-state index contributed by atoms with van der Waals surface area (Å²) >= 11 is 3.43. The first kappa shape index (κ1) is 41.7. The van der Waals surface area contributed by atoms with Crippen LogP contribution >= 0.6 is 15.9 Å². The predicted molar refractivity (Wildman–Crippen MR) is 182 cm³/mol. The molecule has 11 nitrogen and oxygen atoms in total. The number of halogens is 1. The van der Waals surface area contributed by atoms with Gasteiger partial charge in [0.2, 0.25) is 0 Å². The van der Waals surface area contributed by atoms with Gasteiger partial charge in [0.1, 0.15) is 18.5 Å². The monoisotopic (exact) mass is 731 g/mol. The molecule has 0 unspecified atom stereocenters. The number of nitrogens with zero attached hydrogens (tertiary/aromatic N) is 1. The number of cyclic esters (lactones) is 1. The number of alkyl halides is 1. The molecule has 2 rings (SSSR count). The van der Waals surface area contributed by atoms with Crippen molar-refractivity contribution in [3.63, 3.8) is 0 Å². The molecule has 1 fully saturated rings. The zero-order valence-electron chi connectivity index (χ0n) is 29.1. The van der Waals surface area contributed by atoms with E-state index in [1.165, 1.54) is 6.08 Å². The summed E-state index contributed by atoms with van der Waals surface area (Å²) in [4.78, 5) is 40.2. The summed E-state index contributed by atoms with van der Waals surface area (Å²) in [7, 11) is 3.46. The van der Waals surface area contributed by atoms with Gasteiger partial charge < -0.3 is 44.0 Å². The number of likely N-dealkylation sites (N-methyl/N-ethyl adjacent to an activating group) is 1. The Bertz CT molecular complexity index is 1040. The van der Waals surface area contributed by atoms with Crippen LogP contribution in [0.3, 0.4) is 0 Å². The largest absolute Gasteiger partial charge is 0.462 e. The first-order valence-electron chi connectivity index (χ1n) is 16.9. The lowest BCUT2D eigenvalue weighted by molar-refractivity contribution is -0.304. The second-order valence-electron chi connectivity index (χ2n) is 13.4. The SMILES string of the molecule is CC[C@H]1OC(=O)C[C@@H](O)[C@H](C)[C@@H](O[C@@H]2O[C@H](C)[C@@H](O)[C@H](N(C)C)[C@H]2O)[C@@H](CC=O)C[C@@H](C)C(=O)/C=C/C(C)=C/[C@@H]1COCCCCBr. The number of ketones is 1. The van der Waals surface area contributed by atoms with E-state index in [1.807, 2.05) is 19.9 Å². The van der Waals surface area contributed by atoms with Crippen LogP contribution in [0, 0.1) is 23.7 Å². The third-order valence-corrected chi connectivity index (χ3v) is 9.90. The summed E-state index contributed by atoms with van der Waals surface area (Å²) in [6.45, 7) is 9.86. The van der Waals surface area contributed by atoms with Crippen molar-refractivity contribution in [2.24, 2.45) is 23.7 Å². The molecule has 0 radical (unpaired) electrons. The van der Waals surface area contributed by atoms with E-state index in [1.54, 1.807) is 45.8 Å². The highest BCUT2D eigenvalue weighted by Crippen LogP contribution is 2.34. The Morgan fingerprint density at radius 1 is 1.09 bits per heavy atom. The summed E-state index contributed by atoms with van der Waals surface area (Å²) in [5, 5.41) is 34.2. The van der Waals surface area contributed by atoms with E-state index < -0.39 is 72.7 Å². The molecule has 12 heteroatoms. The van der Waals surface area contributed by atoms with E-state index in [-0.39, 0.29) is 31.0 Å². The zero-order valence-corrected chi connectivity index (χ0v) is 30.7. The maximum absolute atomic E-state index is 13.3. The molecule has 1 saturated heterocycles. The van der Waals surface area contributed by atoms with Gasteiger partial charge >= 0.3 is 5.97 Å². The Morgan fingerprint density at radius 3 is 2.40 bits per heavy atom. The standard InChI is InChI=1S/C35H58BrNO10/c1-8-29-26(20-44-16-10-9-14-36)17-21(2)11-12-27(39)22(3)18-25(13-15-38)34(23(4)28(40)19-30(41)46-29)47-35-33(43)31(37(6)7)32(42)24(5)45-35/h11-12,15,17,22-26,28-29,31-35,40,42-43H,8-10,13-14,16,18-20H2,1-7H3/b12-11+,21-17+/t22-,23+,24-,25+,26-,28-,29-,31+,32-,33-,34-,35+/m1/s1. The number of esters is 1. The van der Waals surface area contributed by atoms with Crippen LogP contribution in [0.1, 0.15) is 73.1 Å². The van der Waals surface area contributed by atoms with Crippen LogP contribution in [-0.2, 0) is 33.3 Å². The molecule has 0 aromatic carbocycles. The predicted octanol–water partition coefficient (Wildman–Crippen LogP) is 3.60. The number of rotatable bonds is 12. The van der Waals surface area contributed by atoms with Gasteiger partial charge in [-0.25, -0.2) is 0 Å². The smallest absolute Gasteiger partial charge is 0.308 e. The Balaban J connectivity index is 2.47. The highest BCUT2D eigenvalue weighted by molar-refractivity contribution is 9.09. The van der Waals surface area contributed by atoms with Crippen LogP contribution in [0.15, 0.2) is 23.8 Å². The number of aldehydes is 1. The van der Waals surface area contributed by atoms with Gasteiger partial charge in [-0.15, -0.1) is 0 Å². The summed E-state index contributed by atoms with van der Waals surface area (Å²) in [6.07, 6.45) is 1.48. The Labute approximate surface area is 289 Å². The van der Waals surface area contributed by atoms with Gasteiger partial charge in [0.15, 0.2) is 12.1 Å². The Kier molecular flexibility index (Phi) is 18.5. The number of carbonyl (C=O) groups excluding carboxylic acids is 3. The van der Waals surface area contributed by atoms with Crippen molar-refractivity contribution in [2.75, 3.05) is 32.6 Å². The molecular weight excluding hydrogens is 674 g/mol. The second kappa shape index (κ2) is 20.9. The molecule has 2 aliphatic rings. The first-order valence-corrected chi connectivity index (χ1v) is 18.1. The maximum atomic E-state index is 13.3. The molecule has 0 saturated carbocycles. The quantitative estimate of drug-likeness (QED) is 0.117. The lowest BCUT2D eigenvalue weighted by atomic mass is 9.79. The van der Waals surface area contributed by atoms with E-state index in [9.17, 15) is 29.7 Å². The molecule has 2 heterocycles. The van der Waals surface area contributed by atoms with Gasteiger partial charge in [0.05, 0.1) is 43.5 Å². The second-order valence-corrected chi connectivity index (χ2v) is 14.2. The third kappa shape index (κ3) is 12.7. The lowest BCUT2D eigenvalue weighted by Gasteiger charge is -2.46. The Morgan fingerprint density at radius 2 is 1.79 bits per heavy atom. The summed E-state index contributed by atoms with van der Waals surface area (Å²) in [5.74, 6) is -2.77. The minimum Gasteiger partial charge on any atom is -0.462 e. The van der Waals surface area contributed by atoms with Gasteiger partial charge in [-0.2, -0.15) is 0 Å². The Hall–Kier alpha value is -1.51. The molecule has 0 amide bonds. The summed E-state index contributed by atoms with van der Waals surface area (Å²) in [6, 6.07) is -0.705. The van der Waals surface area contributed by atoms with Crippen molar-refractivity contribution < 1.29 is 48.7 Å². The average molecular weight is 733 g/mol. The normalized spacial score (nSPS) is 38.4. The fourth-order valence-electron chi connectivity index (χ4n) is 6.43. The van der Waals surface area contributed by atoms with E-state index in [4.69, 9.17) is 18.9 Å². The molecule has 270 valence electrons. The fraction of sp³-hybridized carbons (Fsp3) is 0.800. The van der Waals surface area contributed by atoms with Gasteiger partial charge in [-0.1, -0.05) is 54.4 Å². The van der Waals surface area contributed by atoms with Crippen molar-refractivity contribution in [2.45, 2.75) is 122 Å². The van der Waals surface area contributed by atoms with Crippen LogP contribution in [0.4, 0.5) is 0 Å². The van der Waals surface area contributed by atoms with Gasteiger partial charge in [-0.05, 0) is 65.6 Å². The molecule has 12 atom stereocenters. The molecule has 0 spiro atoms. The molecule has 3 N–H and O–H groups in total. The van der Waals surface area contributed by atoms with Crippen molar-refractivity contribution >= 4 is 34.0 Å². The maximum Gasteiger partial charge on any atom is 0.308 e. The van der Waals surface area contributed by atoms with E-state index in [2.05, 4.69) is 15.9 Å². The average Bonchev–Trinajstić information content (AvgIpc) is 3.01. The molecule has 0 aliphatic carbocycles. The number of allylic oxidation sites excluding steroid dienone is 3. The van der Waals surface area contributed by atoms with Gasteiger partial charge in [0.25, 0.3) is 0 Å². The number of unbranched alkanes of at least 4 members (excludes halogenated alkanes) is 1. The van der Waals surface area contributed by atoms with Crippen molar-refractivity contribution in [3.05, 3.63) is 23.8 Å². The van der Waals surface area contributed by atoms with E-state index in [0.29, 0.717) is 19.6 Å². The number of hydrogen-bond acceptors (Lipinski definition) is 11. The molecule has 0 aromatic heterocycles. The minimum atomic E-state index is -1.26. The minimum absolute atomic E-state index is 0.0137. The molecule has 47 heavy (non-hydrogen) atoms. The third-order valence-electron chi connectivity index (χ3n) is 9.34. The van der Waals surface area contributed by atoms with E-state index in [0.717, 1.165) is 30.0 Å². The molecule has 2 aliphatic heterocycles. The molecule has 0 bridgehead atoms. The zero-order chi connectivity index (χ0) is 35.3. The van der Waals surface area contributed by atoms with Gasteiger partial charge in [-0.3, -0.25) is 9.59 Å². The van der Waals surface area contributed by atoms with Crippen molar-refractivity contribution in [3.8, 4) is 0 Å². The summed E-state index contributed by atoms with van der Waals surface area (Å²) < 4.78 is 24.2. The van der Waals surface area contributed by atoms with E-state index >= 15 is 0 Å². The number of aliphatic hydroxyl groups is 3. The fourth-order valence-corrected chi connectivity index (χ4v) is 6.83. The van der Waals surface area contributed by atoms with Crippen LogP contribution in [0.2, 0.25) is 0 Å². The number of carbonyl (C=O) groups is 3. The topological polar surface area (TPSA) is 152 Å². The first-order chi connectivity index (χ1) is 22.2. The van der Waals surface area contributed by atoms with Gasteiger partial charge in [0, 0.05) is 36.1 Å². The lowest BCUT2D eigenvalue weighted by Crippen LogP contribution is -2.63. The highest BCUT2D eigenvalue weighted by Gasteiger charge is 2.47. The molecular formula is C35H58BrNO10. The van der Waals surface area contributed by atoms with Crippen LogP contribution in [-0.4, -0.2) is 120 Å². The number of ether oxygens (including phenoxy) is 4.